The fourth-order valence-corrected chi connectivity index (χ4v) is 3.29. The highest BCUT2D eigenvalue weighted by Crippen LogP contribution is 2.07. The summed E-state index contributed by atoms with van der Waals surface area (Å²) in [5.74, 6) is -1.65. The molecule has 0 radical (unpaired) electrons. The van der Waals surface area contributed by atoms with Crippen LogP contribution in [-0.2, 0) is 30.8 Å². The van der Waals surface area contributed by atoms with E-state index in [1.165, 1.54) is 0 Å². The van der Waals surface area contributed by atoms with E-state index in [0.29, 0.717) is 0 Å². The molecule has 11 heteroatoms. The lowest BCUT2D eigenvalue weighted by Gasteiger charge is -2.18. The van der Waals surface area contributed by atoms with E-state index in [1.807, 2.05) is 37.3 Å². The number of anilines is 1. The molecule has 0 aromatic heterocycles. The van der Waals surface area contributed by atoms with E-state index in [-0.39, 0.29) is 25.3 Å². The lowest BCUT2D eigenvalue weighted by Crippen LogP contribution is -2.53. The number of hydrazine groups is 1. The first kappa shape index (κ1) is 25.7. The van der Waals surface area contributed by atoms with E-state index in [2.05, 4.69) is 21.5 Å². The second kappa shape index (κ2) is 12.4. The highest BCUT2D eigenvalue weighted by Gasteiger charge is 2.23. The van der Waals surface area contributed by atoms with Gasteiger partial charge in [-0.1, -0.05) is 48.0 Å². The molecule has 33 heavy (non-hydrogen) atoms. The quantitative estimate of drug-likeness (QED) is 0.378. The molecule has 4 N–H and O–H groups in total. The molecule has 2 aromatic carbocycles. The van der Waals surface area contributed by atoms with Crippen molar-refractivity contribution in [2.45, 2.75) is 26.0 Å². The topological polar surface area (TPSA) is 143 Å². The minimum atomic E-state index is -3.39. The van der Waals surface area contributed by atoms with Gasteiger partial charge in [-0.2, -0.15) is 0 Å². The van der Waals surface area contributed by atoms with Gasteiger partial charge in [-0.15, -0.1) is 0 Å². The average molecular weight is 477 g/mol. The molecule has 2 rings (SSSR count). The average Bonchev–Trinajstić information content (AvgIpc) is 2.78. The van der Waals surface area contributed by atoms with Crippen LogP contribution < -0.4 is 21.5 Å². The summed E-state index contributed by atoms with van der Waals surface area (Å²) in [4.78, 5) is 36.6. The molecule has 0 bridgehead atoms. The van der Waals surface area contributed by atoms with Crippen molar-refractivity contribution >= 4 is 33.4 Å². The molecule has 178 valence electrons. The lowest BCUT2D eigenvalue weighted by molar-refractivity contribution is -0.129. The Hall–Kier alpha value is -3.60. The number of hydrogen-bond acceptors (Lipinski definition) is 7. The number of benzene rings is 2. The van der Waals surface area contributed by atoms with Crippen molar-refractivity contribution < 1.29 is 27.5 Å². The number of nitrogens with one attached hydrogen (secondary N) is 4. The molecule has 2 aromatic rings. The summed E-state index contributed by atoms with van der Waals surface area (Å²) < 4.78 is 28.1. The molecule has 0 saturated heterocycles. The number of sulfone groups is 1. The summed E-state index contributed by atoms with van der Waals surface area (Å²) in [5.41, 5.74) is 6.99. The van der Waals surface area contributed by atoms with Gasteiger partial charge < -0.3 is 15.4 Å². The molecule has 0 aliphatic rings. The van der Waals surface area contributed by atoms with Crippen molar-refractivity contribution in [1.82, 2.24) is 16.2 Å². The van der Waals surface area contributed by atoms with Gasteiger partial charge in [-0.25, -0.2) is 13.2 Å². The number of ether oxygens (including phenoxy) is 1. The van der Waals surface area contributed by atoms with Crippen LogP contribution in [-0.4, -0.2) is 50.9 Å². The van der Waals surface area contributed by atoms with Crippen LogP contribution in [0.1, 0.15) is 17.5 Å². The van der Waals surface area contributed by atoms with E-state index in [9.17, 15) is 22.8 Å². The summed E-state index contributed by atoms with van der Waals surface area (Å²) in [7, 11) is -3.39. The zero-order valence-corrected chi connectivity index (χ0v) is 19.3. The van der Waals surface area contributed by atoms with Gasteiger partial charge in [0.05, 0.1) is 12.3 Å². The zero-order valence-electron chi connectivity index (χ0n) is 18.5. The van der Waals surface area contributed by atoms with Gasteiger partial charge in [-0.05, 0) is 31.0 Å². The molecule has 1 atom stereocenters. The van der Waals surface area contributed by atoms with Crippen LogP contribution in [0.4, 0.5) is 10.5 Å². The van der Waals surface area contributed by atoms with Gasteiger partial charge in [0.1, 0.15) is 22.5 Å². The van der Waals surface area contributed by atoms with Crippen molar-refractivity contribution in [1.29, 1.82) is 0 Å². The van der Waals surface area contributed by atoms with E-state index in [1.54, 1.807) is 24.3 Å². The summed E-state index contributed by atoms with van der Waals surface area (Å²) >= 11 is 0. The second-order valence-electron chi connectivity index (χ2n) is 7.43. The Morgan fingerprint density at radius 2 is 1.64 bits per heavy atom. The second-order valence-corrected chi connectivity index (χ2v) is 9.69. The fourth-order valence-electron chi connectivity index (χ4n) is 2.62. The number of alkyl carbamates (subject to hydrolysis) is 1. The first-order chi connectivity index (χ1) is 15.6. The predicted octanol–water partition coefficient (Wildman–Crippen LogP) is 1.28. The molecule has 10 nitrogen and oxygen atoms in total. The van der Waals surface area contributed by atoms with E-state index in [0.717, 1.165) is 23.1 Å². The third-order valence-corrected chi connectivity index (χ3v) is 5.41. The third kappa shape index (κ3) is 10.5. The van der Waals surface area contributed by atoms with Gasteiger partial charge in [0.25, 0.3) is 11.8 Å². The van der Waals surface area contributed by atoms with Crippen LogP contribution in [0.25, 0.3) is 0 Å². The summed E-state index contributed by atoms with van der Waals surface area (Å²) in [5, 5.41) is 5.24. The summed E-state index contributed by atoms with van der Waals surface area (Å²) in [6, 6.07) is 15.1. The lowest BCUT2D eigenvalue weighted by atomic mass is 10.2. The summed E-state index contributed by atoms with van der Waals surface area (Å²) in [6.45, 7) is 1.82. The molecular weight excluding hydrogens is 448 g/mol. The number of carbonyl (C=O) groups is 3. The molecule has 0 spiro atoms. The smallest absolute Gasteiger partial charge is 0.408 e. The van der Waals surface area contributed by atoms with Crippen LogP contribution >= 0.6 is 0 Å². The summed E-state index contributed by atoms with van der Waals surface area (Å²) in [6.07, 6.45) is -0.0589. The molecule has 0 aliphatic heterocycles. The highest BCUT2D eigenvalue weighted by atomic mass is 32.2. The number of aryl methyl sites for hydroxylation is 1. The Morgan fingerprint density at radius 3 is 2.27 bits per heavy atom. The SMILES string of the molecule is Cc1ccc(NCC(=O)NNC(=O)C(CCS(C)(=O)=O)NC(=O)OCc2ccccc2)cc1. The fraction of sp³-hybridized carbons (Fsp3) is 0.318. The predicted molar refractivity (Wildman–Crippen MR) is 124 cm³/mol. The molecule has 1 unspecified atom stereocenters. The van der Waals surface area contributed by atoms with Crippen LogP contribution in [0.3, 0.4) is 0 Å². The van der Waals surface area contributed by atoms with E-state index >= 15 is 0 Å². The zero-order chi connectivity index (χ0) is 24.3. The normalized spacial score (nSPS) is 11.7. The van der Waals surface area contributed by atoms with Crippen LogP contribution in [0.5, 0.6) is 0 Å². The maximum Gasteiger partial charge on any atom is 0.408 e. The largest absolute Gasteiger partial charge is 0.445 e. The van der Waals surface area contributed by atoms with Gasteiger partial charge in [0, 0.05) is 11.9 Å². The minimum absolute atomic E-state index is 0.0193. The van der Waals surface area contributed by atoms with Crippen molar-refractivity contribution in [3.8, 4) is 0 Å². The molecule has 0 fully saturated rings. The Labute approximate surface area is 193 Å². The van der Waals surface area contributed by atoms with Gasteiger partial charge in [0.15, 0.2) is 0 Å². The van der Waals surface area contributed by atoms with Crippen LogP contribution in [0.2, 0.25) is 0 Å². The third-order valence-electron chi connectivity index (χ3n) is 4.43. The van der Waals surface area contributed by atoms with Crippen LogP contribution in [0, 0.1) is 6.92 Å². The number of rotatable bonds is 10. The minimum Gasteiger partial charge on any atom is -0.445 e. The van der Waals surface area contributed by atoms with Crippen molar-refractivity contribution in [3.05, 3.63) is 65.7 Å². The van der Waals surface area contributed by atoms with Crippen molar-refractivity contribution in [2.75, 3.05) is 23.9 Å². The Morgan fingerprint density at radius 1 is 0.970 bits per heavy atom. The van der Waals surface area contributed by atoms with E-state index < -0.39 is 33.8 Å². The first-order valence-corrected chi connectivity index (χ1v) is 12.2. The number of hydrogen-bond donors (Lipinski definition) is 4. The highest BCUT2D eigenvalue weighted by molar-refractivity contribution is 7.90. The Kier molecular flexibility index (Phi) is 9.67. The van der Waals surface area contributed by atoms with Crippen LogP contribution in [0.15, 0.2) is 54.6 Å². The molecule has 0 saturated carbocycles. The first-order valence-electron chi connectivity index (χ1n) is 10.2. The molecule has 3 amide bonds. The van der Waals surface area contributed by atoms with E-state index in [4.69, 9.17) is 4.74 Å². The maximum atomic E-state index is 12.5. The number of carbonyl (C=O) groups excluding carboxylic acids is 3. The van der Waals surface area contributed by atoms with Gasteiger partial charge in [0.2, 0.25) is 0 Å². The van der Waals surface area contributed by atoms with Gasteiger partial charge >= 0.3 is 6.09 Å². The van der Waals surface area contributed by atoms with Crippen molar-refractivity contribution in [3.63, 3.8) is 0 Å². The van der Waals surface area contributed by atoms with Gasteiger partial charge in [-0.3, -0.25) is 20.4 Å². The molecular formula is C22H28N4O6S. The Bertz CT molecular complexity index is 1040. The monoisotopic (exact) mass is 476 g/mol. The standard InChI is InChI=1S/C22H28N4O6S/c1-16-8-10-18(11-9-16)23-14-20(27)25-26-21(28)19(12-13-33(2,30)31)24-22(29)32-15-17-6-4-3-5-7-17/h3-11,19,23H,12-15H2,1-2H3,(H,24,29)(H,25,27)(H,26,28). The van der Waals surface area contributed by atoms with Crippen molar-refractivity contribution in [2.24, 2.45) is 0 Å². The Balaban J connectivity index is 1.85. The number of amides is 3. The maximum absolute atomic E-state index is 12.5. The molecule has 0 aliphatic carbocycles. The molecule has 0 heterocycles.